The van der Waals surface area contributed by atoms with Gasteiger partial charge in [-0.2, -0.15) is 0 Å². The third kappa shape index (κ3) is 2.09. The monoisotopic (exact) mass is 224 g/mol. The van der Waals surface area contributed by atoms with Crippen LogP contribution < -0.4 is 0 Å². The standard InChI is InChI=1S/C11H16N2O3/c1-2-13-6-4-3-5-9(13)10-12-8(7-16-10)11(14)15/h7,9H,2-6H2,1H3,(H,14,15). The first-order chi connectivity index (χ1) is 7.72. The highest BCUT2D eigenvalue weighted by Gasteiger charge is 2.27. The lowest BCUT2D eigenvalue weighted by Gasteiger charge is -2.32. The van der Waals surface area contributed by atoms with Gasteiger partial charge in [-0.15, -0.1) is 0 Å². The van der Waals surface area contributed by atoms with E-state index in [1.165, 1.54) is 12.7 Å². The summed E-state index contributed by atoms with van der Waals surface area (Å²) in [6.45, 7) is 4.07. The van der Waals surface area contributed by atoms with Gasteiger partial charge in [-0.3, -0.25) is 4.90 Å². The fourth-order valence-electron chi connectivity index (χ4n) is 2.19. The Bertz CT molecular complexity index is 375. The number of hydrogen-bond donors (Lipinski definition) is 1. The van der Waals surface area contributed by atoms with Crippen LogP contribution in [-0.2, 0) is 0 Å². The lowest BCUT2D eigenvalue weighted by molar-refractivity contribution is 0.0690. The molecule has 1 N–H and O–H groups in total. The topological polar surface area (TPSA) is 66.6 Å². The Balaban J connectivity index is 2.17. The minimum atomic E-state index is -1.03. The van der Waals surface area contributed by atoms with E-state index in [0.717, 1.165) is 25.9 Å². The third-order valence-corrected chi connectivity index (χ3v) is 3.05. The van der Waals surface area contributed by atoms with Crippen LogP contribution in [0.5, 0.6) is 0 Å². The van der Waals surface area contributed by atoms with E-state index in [4.69, 9.17) is 9.52 Å². The van der Waals surface area contributed by atoms with Gasteiger partial charge in [0.05, 0.1) is 6.04 Å². The minimum absolute atomic E-state index is 0.00312. The van der Waals surface area contributed by atoms with Gasteiger partial charge in [-0.25, -0.2) is 9.78 Å². The fourth-order valence-corrected chi connectivity index (χ4v) is 2.19. The van der Waals surface area contributed by atoms with Gasteiger partial charge in [0.2, 0.25) is 5.89 Å². The fraction of sp³-hybridized carbons (Fsp3) is 0.636. The quantitative estimate of drug-likeness (QED) is 0.849. The highest BCUT2D eigenvalue weighted by molar-refractivity contribution is 5.84. The Morgan fingerprint density at radius 2 is 2.50 bits per heavy atom. The number of hydrogen-bond acceptors (Lipinski definition) is 4. The number of carbonyl (C=O) groups is 1. The second-order valence-corrected chi connectivity index (χ2v) is 4.02. The van der Waals surface area contributed by atoms with Crippen LogP contribution in [-0.4, -0.2) is 34.0 Å². The Kier molecular flexibility index (Phi) is 3.24. The Hall–Kier alpha value is -1.36. The van der Waals surface area contributed by atoms with Crippen LogP contribution >= 0.6 is 0 Å². The first kappa shape index (κ1) is 11.1. The number of nitrogens with zero attached hydrogens (tertiary/aromatic N) is 2. The van der Waals surface area contributed by atoms with Crippen LogP contribution in [0.15, 0.2) is 10.7 Å². The summed E-state index contributed by atoms with van der Waals surface area (Å²) >= 11 is 0. The first-order valence-electron chi connectivity index (χ1n) is 5.65. The van der Waals surface area contributed by atoms with E-state index in [1.807, 2.05) is 0 Å². The zero-order chi connectivity index (χ0) is 11.5. The largest absolute Gasteiger partial charge is 0.476 e. The summed E-state index contributed by atoms with van der Waals surface area (Å²) in [5, 5.41) is 8.78. The summed E-state index contributed by atoms with van der Waals surface area (Å²) in [5.74, 6) is -0.493. The molecular formula is C11H16N2O3. The van der Waals surface area contributed by atoms with E-state index in [-0.39, 0.29) is 11.7 Å². The summed E-state index contributed by atoms with van der Waals surface area (Å²) in [6, 6.07) is 0.145. The molecule has 0 aliphatic carbocycles. The Labute approximate surface area is 94.1 Å². The van der Waals surface area contributed by atoms with Crippen molar-refractivity contribution in [2.24, 2.45) is 0 Å². The molecule has 5 heteroatoms. The van der Waals surface area contributed by atoms with Crippen molar-refractivity contribution in [2.75, 3.05) is 13.1 Å². The van der Waals surface area contributed by atoms with E-state index < -0.39 is 5.97 Å². The minimum Gasteiger partial charge on any atom is -0.476 e. The molecule has 88 valence electrons. The van der Waals surface area contributed by atoms with Crippen LogP contribution in [0.3, 0.4) is 0 Å². The van der Waals surface area contributed by atoms with Crippen LogP contribution in [0.25, 0.3) is 0 Å². The van der Waals surface area contributed by atoms with Crippen molar-refractivity contribution < 1.29 is 14.3 Å². The van der Waals surface area contributed by atoms with E-state index in [2.05, 4.69) is 16.8 Å². The number of carboxylic acids is 1. The van der Waals surface area contributed by atoms with Crippen LogP contribution in [0.1, 0.15) is 48.6 Å². The molecule has 16 heavy (non-hydrogen) atoms. The number of piperidine rings is 1. The van der Waals surface area contributed by atoms with Gasteiger partial charge in [-0.05, 0) is 25.9 Å². The van der Waals surface area contributed by atoms with E-state index in [9.17, 15) is 4.79 Å². The summed E-state index contributed by atoms with van der Waals surface area (Å²) in [5.41, 5.74) is -0.00312. The molecule has 0 spiro atoms. The van der Waals surface area contributed by atoms with Gasteiger partial charge < -0.3 is 9.52 Å². The highest BCUT2D eigenvalue weighted by atomic mass is 16.4. The predicted molar refractivity (Wildman–Crippen MR) is 57.3 cm³/mol. The summed E-state index contributed by atoms with van der Waals surface area (Å²) < 4.78 is 5.26. The van der Waals surface area contributed by atoms with E-state index in [1.54, 1.807) is 0 Å². The maximum Gasteiger partial charge on any atom is 0.357 e. The van der Waals surface area contributed by atoms with Gasteiger partial charge in [-0.1, -0.05) is 13.3 Å². The molecular weight excluding hydrogens is 208 g/mol. The number of aromatic carboxylic acids is 1. The SMILES string of the molecule is CCN1CCCCC1c1nc(C(=O)O)co1. The zero-order valence-electron chi connectivity index (χ0n) is 9.35. The molecule has 1 saturated heterocycles. The summed E-state index contributed by atoms with van der Waals surface area (Å²) in [4.78, 5) is 17.0. The average molecular weight is 224 g/mol. The summed E-state index contributed by atoms with van der Waals surface area (Å²) in [7, 11) is 0. The number of likely N-dealkylation sites (tertiary alicyclic amines) is 1. The highest BCUT2D eigenvalue weighted by Crippen LogP contribution is 2.29. The van der Waals surface area contributed by atoms with Crippen molar-refractivity contribution in [3.63, 3.8) is 0 Å². The predicted octanol–water partition coefficient (Wildman–Crippen LogP) is 1.92. The molecule has 0 aromatic carbocycles. The molecule has 1 aromatic rings. The second kappa shape index (κ2) is 4.65. The molecule has 1 unspecified atom stereocenters. The number of oxazole rings is 1. The molecule has 0 amide bonds. The number of aromatic nitrogens is 1. The lowest BCUT2D eigenvalue weighted by atomic mass is 10.0. The molecule has 1 atom stereocenters. The van der Waals surface area contributed by atoms with Crippen molar-refractivity contribution in [3.05, 3.63) is 17.8 Å². The van der Waals surface area contributed by atoms with Gasteiger partial charge >= 0.3 is 5.97 Å². The van der Waals surface area contributed by atoms with Crippen LogP contribution in [0.4, 0.5) is 0 Å². The molecule has 0 radical (unpaired) electrons. The third-order valence-electron chi connectivity index (χ3n) is 3.05. The maximum atomic E-state index is 10.7. The Morgan fingerprint density at radius 1 is 1.69 bits per heavy atom. The normalized spacial score (nSPS) is 22.2. The van der Waals surface area contributed by atoms with Crippen LogP contribution in [0.2, 0.25) is 0 Å². The molecule has 1 aliphatic rings. The zero-order valence-corrected chi connectivity index (χ0v) is 9.35. The maximum absolute atomic E-state index is 10.7. The molecule has 1 fully saturated rings. The van der Waals surface area contributed by atoms with Gasteiger partial charge in [0.15, 0.2) is 5.69 Å². The Morgan fingerprint density at radius 3 is 3.12 bits per heavy atom. The van der Waals surface area contributed by atoms with Crippen molar-refractivity contribution in [1.29, 1.82) is 0 Å². The van der Waals surface area contributed by atoms with Gasteiger partial charge in [0, 0.05) is 0 Å². The average Bonchev–Trinajstić information content (AvgIpc) is 2.78. The van der Waals surface area contributed by atoms with Crippen molar-refractivity contribution in [3.8, 4) is 0 Å². The van der Waals surface area contributed by atoms with Gasteiger partial charge in [0.25, 0.3) is 0 Å². The number of rotatable bonds is 3. The molecule has 5 nitrogen and oxygen atoms in total. The molecule has 2 rings (SSSR count). The second-order valence-electron chi connectivity index (χ2n) is 4.02. The smallest absolute Gasteiger partial charge is 0.357 e. The molecule has 0 saturated carbocycles. The number of carboxylic acid groups (broad SMARTS) is 1. The lowest BCUT2D eigenvalue weighted by Crippen LogP contribution is -2.33. The van der Waals surface area contributed by atoms with E-state index in [0.29, 0.717) is 5.89 Å². The molecule has 0 bridgehead atoms. The van der Waals surface area contributed by atoms with Crippen LogP contribution in [0, 0.1) is 0 Å². The van der Waals surface area contributed by atoms with Gasteiger partial charge in [0.1, 0.15) is 6.26 Å². The van der Waals surface area contributed by atoms with Crippen molar-refractivity contribution in [2.45, 2.75) is 32.2 Å². The summed E-state index contributed by atoms with van der Waals surface area (Å²) in [6.07, 6.45) is 4.55. The van der Waals surface area contributed by atoms with Crippen molar-refractivity contribution >= 4 is 5.97 Å². The first-order valence-corrected chi connectivity index (χ1v) is 5.65. The van der Waals surface area contributed by atoms with Crippen molar-refractivity contribution in [1.82, 2.24) is 9.88 Å². The molecule has 2 heterocycles. The van der Waals surface area contributed by atoms with E-state index >= 15 is 0 Å². The molecule has 1 aliphatic heterocycles. The molecule has 1 aromatic heterocycles.